The van der Waals surface area contributed by atoms with Gasteiger partial charge in [-0.1, -0.05) is 36.4 Å². The Morgan fingerprint density at radius 1 is 0.818 bits per heavy atom. The van der Waals surface area contributed by atoms with E-state index in [4.69, 9.17) is 0 Å². The van der Waals surface area contributed by atoms with Gasteiger partial charge in [0.05, 0.1) is 10.6 Å². The first-order chi connectivity index (χ1) is 10.5. The van der Waals surface area contributed by atoms with Gasteiger partial charge in [-0.2, -0.15) is 0 Å². The first kappa shape index (κ1) is 14.5. The molecule has 0 aliphatic heterocycles. The third-order valence-corrected chi connectivity index (χ3v) is 4.53. The van der Waals surface area contributed by atoms with Crippen LogP contribution in [0.5, 0.6) is 0 Å². The highest BCUT2D eigenvalue weighted by molar-refractivity contribution is 7.92. The lowest BCUT2D eigenvalue weighted by molar-refractivity contribution is 0.568. The number of benzene rings is 3. The molecule has 0 unspecified atom stereocenters. The zero-order valence-electron chi connectivity index (χ0n) is 11.3. The molecule has 0 saturated carbocycles. The summed E-state index contributed by atoms with van der Waals surface area (Å²) in [6.07, 6.45) is 0. The van der Waals surface area contributed by atoms with Gasteiger partial charge < -0.3 is 0 Å². The molecule has 22 heavy (non-hydrogen) atoms. The molecule has 3 rings (SSSR count). The first-order valence-electron chi connectivity index (χ1n) is 6.42. The summed E-state index contributed by atoms with van der Waals surface area (Å²) in [7, 11) is -4.08. The molecule has 0 bridgehead atoms. The quantitative estimate of drug-likeness (QED) is 0.795. The minimum absolute atomic E-state index is 0.350. The topological polar surface area (TPSA) is 46.2 Å². The van der Waals surface area contributed by atoms with Crippen molar-refractivity contribution in [1.82, 2.24) is 0 Å². The van der Waals surface area contributed by atoms with Crippen molar-refractivity contribution in [2.24, 2.45) is 0 Å². The van der Waals surface area contributed by atoms with E-state index in [0.717, 1.165) is 17.5 Å². The smallest absolute Gasteiger partial charge is 0.262 e. The predicted octanol–water partition coefficient (Wildman–Crippen LogP) is 3.92. The van der Waals surface area contributed by atoms with Gasteiger partial charge in [0.15, 0.2) is 0 Å². The molecule has 6 heteroatoms. The number of rotatable bonds is 3. The van der Waals surface area contributed by atoms with Crippen molar-refractivity contribution in [2.45, 2.75) is 4.90 Å². The summed E-state index contributed by atoms with van der Waals surface area (Å²) < 4.78 is 53.4. The lowest BCUT2D eigenvalue weighted by Gasteiger charge is -2.11. The average molecular weight is 319 g/mol. The minimum atomic E-state index is -4.08. The van der Waals surface area contributed by atoms with Gasteiger partial charge in [-0.15, -0.1) is 0 Å². The normalized spacial score (nSPS) is 11.5. The van der Waals surface area contributed by atoms with E-state index in [9.17, 15) is 17.2 Å². The Hall–Kier alpha value is -2.47. The molecule has 112 valence electrons. The Kier molecular flexibility index (Phi) is 3.54. The van der Waals surface area contributed by atoms with Crippen LogP contribution in [-0.2, 0) is 10.0 Å². The molecular weight excluding hydrogens is 308 g/mol. The molecule has 0 amide bonds. The molecule has 0 fully saturated rings. The van der Waals surface area contributed by atoms with Crippen LogP contribution >= 0.6 is 0 Å². The maximum Gasteiger partial charge on any atom is 0.262 e. The van der Waals surface area contributed by atoms with Crippen LogP contribution in [0.4, 0.5) is 14.5 Å². The Bertz CT molecular complexity index is 930. The molecule has 0 saturated heterocycles. The Balaban J connectivity index is 2.07. The molecule has 0 radical (unpaired) electrons. The second kappa shape index (κ2) is 5.38. The number of nitrogens with one attached hydrogen (secondary N) is 1. The summed E-state index contributed by atoms with van der Waals surface area (Å²) >= 11 is 0. The van der Waals surface area contributed by atoms with Crippen molar-refractivity contribution in [3.05, 3.63) is 72.3 Å². The number of hydrogen-bond donors (Lipinski definition) is 1. The van der Waals surface area contributed by atoms with Crippen LogP contribution in [0.25, 0.3) is 10.8 Å². The van der Waals surface area contributed by atoms with Crippen LogP contribution in [0.15, 0.2) is 65.6 Å². The van der Waals surface area contributed by atoms with Crippen molar-refractivity contribution >= 4 is 26.5 Å². The Morgan fingerprint density at radius 3 is 2.18 bits per heavy atom. The third kappa shape index (κ3) is 2.78. The van der Waals surface area contributed by atoms with Crippen molar-refractivity contribution in [3.8, 4) is 0 Å². The molecular formula is C16H11F2NO2S. The third-order valence-electron chi connectivity index (χ3n) is 3.18. The molecule has 0 spiro atoms. The van der Waals surface area contributed by atoms with Crippen molar-refractivity contribution in [3.63, 3.8) is 0 Å². The lowest BCUT2D eigenvalue weighted by Crippen LogP contribution is -2.13. The van der Waals surface area contributed by atoms with Crippen LogP contribution < -0.4 is 4.72 Å². The van der Waals surface area contributed by atoms with E-state index in [1.165, 1.54) is 0 Å². The molecule has 0 aliphatic rings. The minimum Gasteiger partial charge on any atom is -0.279 e. The van der Waals surface area contributed by atoms with Gasteiger partial charge in [0.25, 0.3) is 10.0 Å². The summed E-state index contributed by atoms with van der Waals surface area (Å²) in [6, 6.07) is 14.5. The van der Waals surface area contributed by atoms with E-state index >= 15 is 0 Å². The lowest BCUT2D eigenvalue weighted by atomic mass is 10.1. The highest BCUT2D eigenvalue weighted by Crippen LogP contribution is 2.26. The van der Waals surface area contributed by atoms with Crippen LogP contribution in [-0.4, -0.2) is 8.42 Å². The molecule has 3 aromatic rings. The highest BCUT2D eigenvalue weighted by atomic mass is 32.2. The molecule has 3 nitrogen and oxygen atoms in total. The molecule has 0 atom stereocenters. The van der Waals surface area contributed by atoms with E-state index in [1.54, 1.807) is 24.3 Å². The fourth-order valence-corrected chi connectivity index (χ4v) is 3.32. The number of anilines is 1. The summed E-state index contributed by atoms with van der Waals surface area (Å²) in [5.74, 6) is -1.89. The van der Waals surface area contributed by atoms with E-state index < -0.39 is 26.6 Å². The van der Waals surface area contributed by atoms with Gasteiger partial charge in [0.2, 0.25) is 0 Å². The number of hydrogen-bond acceptors (Lipinski definition) is 2. The van der Waals surface area contributed by atoms with Crippen LogP contribution in [0.3, 0.4) is 0 Å². The van der Waals surface area contributed by atoms with Crippen molar-refractivity contribution in [2.75, 3.05) is 4.72 Å². The zero-order valence-corrected chi connectivity index (χ0v) is 12.1. The second-order valence-electron chi connectivity index (χ2n) is 4.74. The molecule has 1 N–H and O–H groups in total. The van der Waals surface area contributed by atoms with Gasteiger partial charge in [-0.05, 0) is 23.6 Å². The molecule has 3 aromatic carbocycles. The Labute approximate surface area is 126 Å². The fraction of sp³-hybridized carbons (Fsp3) is 0. The van der Waals surface area contributed by atoms with Crippen molar-refractivity contribution < 1.29 is 17.2 Å². The van der Waals surface area contributed by atoms with E-state index in [1.807, 2.05) is 18.2 Å². The van der Waals surface area contributed by atoms with E-state index in [2.05, 4.69) is 4.72 Å². The summed E-state index contributed by atoms with van der Waals surface area (Å²) in [5, 5.41) is 1.55. The fourth-order valence-electron chi connectivity index (χ4n) is 2.20. The monoisotopic (exact) mass is 319 g/mol. The van der Waals surface area contributed by atoms with Gasteiger partial charge in [-0.3, -0.25) is 4.72 Å². The Morgan fingerprint density at radius 2 is 1.45 bits per heavy atom. The number of halogens is 2. The standard InChI is InChI=1S/C16H11F2NO2S/c17-12-8-13(18)10-14(9-12)22(20,21)19-16-7-3-5-11-4-1-2-6-15(11)16/h1-10,19H. The predicted molar refractivity (Wildman–Crippen MR) is 81.1 cm³/mol. The number of fused-ring (bicyclic) bond motifs is 1. The average Bonchev–Trinajstić information content (AvgIpc) is 2.46. The summed E-state index contributed by atoms with van der Waals surface area (Å²) in [6.45, 7) is 0. The molecule has 0 aromatic heterocycles. The zero-order chi connectivity index (χ0) is 15.7. The van der Waals surface area contributed by atoms with Gasteiger partial charge in [0.1, 0.15) is 11.6 Å². The first-order valence-corrected chi connectivity index (χ1v) is 7.91. The molecule has 0 heterocycles. The van der Waals surface area contributed by atoms with Crippen LogP contribution in [0.1, 0.15) is 0 Å². The van der Waals surface area contributed by atoms with E-state index in [0.29, 0.717) is 17.1 Å². The van der Waals surface area contributed by atoms with Gasteiger partial charge in [0, 0.05) is 11.5 Å². The van der Waals surface area contributed by atoms with Gasteiger partial charge >= 0.3 is 0 Å². The number of sulfonamides is 1. The maximum absolute atomic E-state index is 13.2. The summed E-state index contributed by atoms with van der Waals surface area (Å²) in [4.78, 5) is -0.460. The maximum atomic E-state index is 13.2. The second-order valence-corrected chi connectivity index (χ2v) is 6.42. The van der Waals surface area contributed by atoms with E-state index in [-0.39, 0.29) is 0 Å². The van der Waals surface area contributed by atoms with Crippen LogP contribution in [0, 0.1) is 11.6 Å². The molecule has 0 aliphatic carbocycles. The van der Waals surface area contributed by atoms with Crippen molar-refractivity contribution in [1.29, 1.82) is 0 Å². The summed E-state index contributed by atoms with van der Waals surface area (Å²) in [5.41, 5.74) is 0.350. The largest absolute Gasteiger partial charge is 0.279 e. The SMILES string of the molecule is O=S(=O)(Nc1cccc2ccccc12)c1cc(F)cc(F)c1. The van der Waals surface area contributed by atoms with Crippen LogP contribution in [0.2, 0.25) is 0 Å². The van der Waals surface area contributed by atoms with Gasteiger partial charge in [-0.25, -0.2) is 17.2 Å². The highest BCUT2D eigenvalue weighted by Gasteiger charge is 2.17.